The van der Waals surface area contributed by atoms with E-state index in [-0.39, 0.29) is 0 Å². The quantitative estimate of drug-likeness (QED) is 0.835. The van der Waals surface area contributed by atoms with E-state index in [4.69, 9.17) is 5.73 Å². The van der Waals surface area contributed by atoms with Gasteiger partial charge in [-0.25, -0.2) is 4.98 Å². The number of imidazole rings is 1. The van der Waals surface area contributed by atoms with Crippen LogP contribution in [-0.2, 0) is 13.5 Å². The number of aryl methyl sites for hydroxylation is 2. The molecule has 2 rings (SSSR count). The third kappa shape index (κ3) is 2.12. The first-order chi connectivity index (χ1) is 7.72. The Morgan fingerprint density at radius 1 is 1.56 bits per heavy atom. The predicted octanol–water partition coefficient (Wildman–Crippen LogP) is 1.10. The lowest BCUT2D eigenvalue weighted by Gasteiger charge is -2.03. The van der Waals surface area contributed by atoms with Crippen LogP contribution in [0.3, 0.4) is 0 Å². The topological polar surface area (TPSA) is 72.5 Å². The number of rotatable bonds is 4. The van der Waals surface area contributed by atoms with Crippen LogP contribution in [0.4, 0.5) is 0 Å². The molecule has 6 heteroatoms. The van der Waals surface area contributed by atoms with E-state index in [9.17, 15) is 0 Å². The molecule has 0 bridgehead atoms. The zero-order valence-electron chi connectivity index (χ0n) is 9.40. The summed E-state index contributed by atoms with van der Waals surface area (Å²) in [7, 11) is 1.94. The largest absolute Gasteiger partial charge is 0.339 e. The molecular weight excluding hydrogens is 222 g/mol. The van der Waals surface area contributed by atoms with Gasteiger partial charge in [-0.05, 0) is 31.7 Å². The molecule has 3 N–H and O–H groups in total. The fraction of sp³-hybridized carbons (Fsp3) is 0.400. The highest BCUT2D eigenvalue weighted by molar-refractivity contribution is 7.99. The van der Waals surface area contributed by atoms with Crippen LogP contribution in [0, 0.1) is 6.92 Å². The van der Waals surface area contributed by atoms with E-state index >= 15 is 0 Å². The van der Waals surface area contributed by atoms with E-state index in [1.165, 1.54) is 5.56 Å². The molecule has 2 heterocycles. The van der Waals surface area contributed by atoms with Crippen molar-refractivity contribution in [3.8, 4) is 0 Å². The molecule has 0 aliphatic rings. The molecule has 0 aliphatic heterocycles. The zero-order chi connectivity index (χ0) is 11.5. The number of nitrogens with zero attached hydrogens (tertiary/aromatic N) is 3. The summed E-state index contributed by atoms with van der Waals surface area (Å²) in [5.74, 6) is 0. The number of H-pyrrole nitrogens is 1. The Bertz CT molecular complexity index is 460. The molecular formula is C10H15N5S. The molecule has 0 unspecified atom stereocenters. The molecule has 0 fully saturated rings. The van der Waals surface area contributed by atoms with Crippen molar-refractivity contribution in [2.75, 3.05) is 6.54 Å². The van der Waals surface area contributed by atoms with Crippen LogP contribution in [0.5, 0.6) is 0 Å². The van der Waals surface area contributed by atoms with Crippen LogP contribution in [-0.4, -0.2) is 26.3 Å². The Morgan fingerprint density at radius 2 is 2.38 bits per heavy atom. The molecule has 16 heavy (non-hydrogen) atoms. The fourth-order valence-electron chi connectivity index (χ4n) is 1.64. The van der Waals surface area contributed by atoms with Gasteiger partial charge in [0.05, 0.1) is 5.69 Å². The molecule has 2 aromatic rings. The molecule has 0 radical (unpaired) electrons. The van der Waals surface area contributed by atoms with E-state index in [1.54, 1.807) is 18.0 Å². The number of aromatic nitrogens is 4. The summed E-state index contributed by atoms with van der Waals surface area (Å²) in [5.41, 5.74) is 7.87. The van der Waals surface area contributed by atoms with Crippen LogP contribution >= 0.6 is 11.8 Å². The molecule has 0 aromatic carbocycles. The SMILES string of the molecule is Cc1nn(C)c(Sc2ncc[nH]2)c1CCN. The van der Waals surface area contributed by atoms with Crippen LogP contribution in [0.15, 0.2) is 22.6 Å². The maximum absolute atomic E-state index is 5.61. The van der Waals surface area contributed by atoms with Crippen LogP contribution in [0.2, 0.25) is 0 Å². The Balaban J connectivity index is 2.31. The van der Waals surface area contributed by atoms with E-state index in [0.29, 0.717) is 6.54 Å². The van der Waals surface area contributed by atoms with E-state index < -0.39 is 0 Å². The smallest absolute Gasteiger partial charge is 0.171 e. The third-order valence-electron chi connectivity index (χ3n) is 2.35. The van der Waals surface area contributed by atoms with Crippen molar-refractivity contribution in [3.05, 3.63) is 23.7 Å². The average Bonchev–Trinajstić information content (AvgIpc) is 2.82. The third-order valence-corrected chi connectivity index (χ3v) is 3.47. The van der Waals surface area contributed by atoms with Crippen molar-refractivity contribution in [2.24, 2.45) is 12.8 Å². The highest BCUT2D eigenvalue weighted by Gasteiger charge is 2.14. The average molecular weight is 237 g/mol. The zero-order valence-corrected chi connectivity index (χ0v) is 10.2. The van der Waals surface area contributed by atoms with Crippen molar-refractivity contribution in [2.45, 2.75) is 23.5 Å². The summed E-state index contributed by atoms with van der Waals surface area (Å²) < 4.78 is 1.88. The van der Waals surface area contributed by atoms with Gasteiger partial charge in [0, 0.05) is 25.0 Å². The lowest BCUT2D eigenvalue weighted by molar-refractivity contribution is 0.687. The number of hydrogen-bond donors (Lipinski definition) is 2. The minimum absolute atomic E-state index is 0.637. The first-order valence-electron chi connectivity index (χ1n) is 5.12. The van der Waals surface area contributed by atoms with E-state index in [0.717, 1.165) is 22.3 Å². The molecule has 5 nitrogen and oxygen atoms in total. The second kappa shape index (κ2) is 4.71. The summed E-state index contributed by atoms with van der Waals surface area (Å²) in [4.78, 5) is 7.27. The van der Waals surface area contributed by atoms with Crippen molar-refractivity contribution >= 4 is 11.8 Å². The molecule has 0 saturated heterocycles. The minimum Gasteiger partial charge on any atom is -0.339 e. The van der Waals surface area contributed by atoms with Gasteiger partial charge in [-0.15, -0.1) is 0 Å². The van der Waals surface area contributed by atoms with Gasteiger partial charge < -0.3 is 10.7 Å². The summed E-state index contributed by atoms with van der Waals surface area (Å²) in [6.07, 6.45) is 4.41. The molecule has 0 saturated carbocycles. The Labute approximate surface area is 98.4 Å². The lowest BCUT2D eigenvalue weighted by atomic mass is 10.2. The Kier molecular flexibility index (Phi) is 3.31. The van der Waals surface area contributed by atoms with Crippen LogP contribution in [0.25, 0.3) is 0 Å². The number of nitrogens with one attached hydrogen (secondary N) is 1. The minimum atomic E-state index is 0.637. The molecule has 86 valence electrons. The van der Waals surface area contributed by atoms with E-state index in [2.05, 4.69) is 15.1 Å². The normalized spacial score (nSPS) is 10.9. The van der Waals surface area contributed by atoms with Gasteiger partial charge in [-0.3, -0.25) is 4.68 Å². The van der Waals surface area contributed by atoms with Gasteiger partial charge in [0.15, 0.2) is 5.16 Å². The van der Waals surface area contributed by atoms with Crippen molar-refractivity contribution < 1.29 is 0 Å². The first-order valence-corrected chi connectivity index (χ1v) is 5.93. The summed E-state index contributed by atoms with van der Waals surface area (Å²) in [6, 6.07) is 0. The Morgan fingerprint density at radius 3 is 3.00 bits per heavy atom. The molecule has 0 aliphatic carbocycles. The van der Waals surface area contributed by atoms with Gasteiger partial charge in [-0.2, -0.15) is 5.10 Å². The second-order valence-corrected chi connectivity index (χ2v) is 4.51. The van der Waals surface area contributed by atoms with Crippen LogP contribution in [0.1, 0.15) is 11.3 Å². The van der Waals surface area contributed by atoms with Gasteiger partial charge in [0.2, 0.25) is 0 Å². The standard InChI is InChI=1S/C10H15N5S/c1-7-8(3-4-11)9(15(2)14-7)16-10-12-5-6-13-10/h5-6H,3-4,11H2,1-2H3,(H,12,13). The molecule has 0 atom stereocenters. The van der Waals surface area contributed by atoms with Gasteiger partial charge in [0.1, 0.15) is 5.03 Å². The van der Waals surface area contributed by atoms with Gasteiger partial charge in [0.25, 0.3) is 0 Å². The van der Waals surface area contributed by atoms with Gasteiger partial charge in [-0.1, -0.05) is 0 Å². The van der Waals surface area contributed by atoms with Crippen molar-refractivity contribution in [3.63, 3.8) is 0 Å². The first kappa shape index (κ1) is 11.2. The fourth-order valence-corrected chi connectivity index (χ4v) is 2.61. The summed E-state index contributed by atoms with van der Waals surface area (Å²) in [6.45, 7) is 2.65. The Hall–Kier alpha value is -1.27. The highest BCUT2D eigenvalue weighted by Crippen LogP contribution is 2.29. The monoisotopic (exact) mass is 237 g/mol. The molecule has 2 aromatic heterocycles. The summed E-state index contributed by atoms with van der Waals surface area (Å²) in [5, 5.41) is 6.39. The molecule has 0 spiro atoms. The maximum atomic E-state index is 5.61. The van der Waals surface area contributed by atoms with E-state index in [1.807, 2.05) is 24.9 Å². The molecule has 0 amide bonds. The number of hydrogen-bond acceptors (Lipinski definition) is 4. The predicted molar refractivity (Wildman–Crippen MR) is 63.4 cm³/mol. The van der Waals surface area contributed by atoms with Gasteiger partial charge >= 0.3 is 0 Å². The number of aromatic amines is 1. The summed E-state index contributed by atoms with van der Waals surface area (Å²) >= 11 is 1.59. The maximum Gasteiger partial charge on any atom is 0.171 e. The number of nitrogens with two attached hydrogens (primary N) is 1. The lowest BCUT2D eigenvalue weighted by Crippen LogP contribution is -2.04. The highest BCUT2D eigenvalue weighted by atomic mass is 32.2. The van der Waals surface area contributed by atoms with Crippen molar-refractivity contribution in [1.29, 1.82) is 0 Å². The second-order valence-electron chi connectivity index (χ2n) is 3.53. The van der Waals surface area contributed by atoms with Crippen molar-refractivity contribution in [1.82, 2.24) is 19.7 Å². The van der Waals surface area contributed by atoms with Crippen LogP contribution < -0.4 is 5.73 Å².